The molecule has 0 aliphatic heterocycles. The monoisotopic (exact) mass is 427 g/mol. The molecule has 152 valence electrons. The summed E-state index contributed by atoms with van der Waals surface area (Å²) in [5.74, 6) is -0.794. The van der Waals surface area contributed by atoms with Crippen molar-refractivity contribution < 1.29 is 9.59 Å². The molecule has 0 spiro atoms. The maximum atomic E-state index is 12.2. The van der Waals surface area contributed by atoms with E-state index in [-0.39, 0.29) is 11.0 Å². The quantitative estimate of drug-likeness (QED) is 0.501. The lowest BCUT2D eigenvalue weighted by molar-refractivity contribution is -0.115. The molecule has 1 aliphatic carbocycles. The molecule has 1 aromatic heterocycles. The highest BCUT2D eigenvalue weighted by molar-refractivity contribution is 7.80. The Morgan fingerprint density at radius 2 is 1.79 bits per heavy atom. The maximum Gasteiger partial charge on any atom is 0.251 e. The summed E-state index contributed by atoms with van der Waals surface area (Å²) in [6, 6.07) is 7.85. The van der Waals surface area contributed by atoms with E-state index in [0.717, 1.165) is 48.8 Å². The summed E-state index contributed by atoms with van der Waals surface area (Å²) in [4.78, 5) is 25.5. The minimum atomic E-state index is -0.459. The molecule has 29 heavy (non-hydrogen) atoms. The Morgan fingerprint density at radius 3 is 2.48 bits per heavy atom. The van der Waals surface area contributed by atoms with E-state index in [0.29, 0.717) is 10.6 Å². The highest BCUT2D eigenvalue weighted by atomic mass is 32.1. The van der Waals surface area contributed by atoms with Crippen molar-refractivity contribution in [3.8, 4) is 0 Å². The highest BCUT2D eigenvalue weighted by Crippen LogP contribution is 2.36. The molecule has 0 saturated heterocycles. The van der Waals surface area contributed by atoms with E-state index >= 15 is 0 Å². The minimum Gasteiger partial charge on any atom is -0.365 e. The number of nitrogens with two attached hydrogens (primary N) is 1. The number of amides is 2. The fourth-order valence-corrected chi connectivity index (χ4v) is 4.97. The standard InChI is InChI=1S/C22H25N3O2S2/c1-14-8-10-15(11-9-14)12-13-18(26)24-22(28)25-21-19(20(23)27)16-6-4-2-3-5-7-17(16)29-21/h8-13H,2-7H2,1H3,(H2,23,27)(H2,24,25,26,28). The van der Waals surface area contributed by atoms with Gasteiger partial charge in [-0.2, -0.15) is 0 Å². The number of anilines is 1. The third-order valence-electron chi connectivity index (χ3n) is 4.89. The van der Waals surface area contributed by atoms with E-state index < -0.39 is 5.91 Å². The molecule has 0 radical (unpaired) electrons. The molecule has 4 N–H and O–H groups in total. The molecular formula is C22H25N3O2S2. The van der Waals surface area contributed by atoms with Crippen LogP contribution in [-0.2, 0) is 17.6 Å². The largest absolute Gasteiger partial charge is 0.365 e. The van der Waals surface area contributed by atoms with Crippen LogP contribution in [0.5, 0.6) is 0 Å². The van der Waals surface area contributed by atoms with Crippen LogP contribution in [0.25, 0.3) is 6.08 Å². The molecular weight excluding hydrogens is 402 g/mol. The molecule has 0 fully saturated rings. The molecule has 0 unspecified atom stereocenters. The van der Waals surface area contributed by atoms with E-state index in [9.17, 15) is 9.59 Å². The minimum absolute atomic E-state index is 0.153. The third-order valence-corrected chi connectivity index (χ3v) is 6.30. The van der Waals surface area contributed by atoms with Gasteiger partial charge in [0, 0.05) is 11.0 Å². The van der Waals surface area contributed by atoms with Crippen molar-refractivity contribution in [3.63, 3.8) is 0 Å². The van der Waals surface area contributed by atoms with E-state index in [4.69, 9.17) is 18.0 Å². The number of hydrogen-bond acceptors (Lipinski definition) is 4. The zero-order chi connectivity index (χ0) is 20.8. The summed E-state index contributed by atoms with van der Waals surface area (Å²) < 4.78 is 0. The third kappa shape index (κ3) is 5.74. The van der Waals surface area contributed by atoms with Gasteiger partial charge < -0.3 is 11.1 Å². The number of aryl methyl sites for hydroxylation is 2. The van der Waals surface area contributed by atoms with Crippen LogP contribution in [0.15, 0.2) is 30.3 Å². The number of carbonyl (C=O) groups is 2. The Kier molecular flexibility index (Phi) is 7.17. The summed E-state index contributed by atoms with van der Waals surface area (Å²) in [7, 11) is 0. The van der Waals surface area contributed by atoms with Crippen LogP contribution in [0.2, 0.25) is 0 Å². The average Bonchev–Trinajstić information content (AvgIpc) is 2.97. The molecule has 5 nitrogen and oxygen atoms in total. The lowest BCUT2D eigenvalue weighted by Gasteiger charge is -2.10. The van der Waals surface area contributed by atoms with Crippen molar-refractivity contribution in [2.75, 3.05) is 5.32 Å². The number of primary amides is 1. The second-order valence-corrected chi connectivity index (χ2v) is 8.69. The molecule has 1 aliphatic rings. The molecule has 2 amide bonds. The van der Waals surface area contributed by atoms with Crippen molar-refractivity contribution in [3.05, 3.63) is 57.5 Å². The molecule has 7 heteroatoms. The van der Waals surface area contributed by atoms with Gasteiger partial charge in [0.15, 0.2) is 5.11 Å². The van der Waals surface area contributed by atoms with Gasteiger partial charge in [-0.3, -0.25) is 14.9 Å². The smallest absolute Gasteiger partial charge is 0.251 e. The van der Waals surface area contributed by atoms with Crippen molar-refractivity contribution in [2.45, 2.75) is 45.4 Å². The van der Waals surface area contributed by atoms with Gasteiger partial charge in [-0.05, 0) is 62.0 Å². The van der Waals surface area contributed by atoms with Crippen molar-refractivity contribution in [1.29, 1.82) is 0 Å². The van der Waals surface area contributed by atoms with Crippen LogP contribution in [0.3, 0.4) is 0 Å². The average molecular weight is 428 g/mol. The van der Waals surface area contributed by atoms with Gasteiger partial charge in [0.1, 0.15) is 5.00 Å². The van der Waals surface area contributed by atoms with Gasteiger partial charge >= 0.3 is 0 Å². The zero-order valence-corrected chi connectivity index (χ0v) is 18.1. The van der Waals surface area contributed by atoms with Crippen LogP contribution in [0.1, 0.15) is 57.6 Å². The topological polar surface area (TPSA) is 84.2 Å². The van der Waals surface area contributed by atoms with Crippen LogP contribution in [0.4, 0.5) is 5.00 Å². The SMILES string of the molecule is Cc1ccc(C=CC(=O)NC(=S)Nc2sc3c(c2C(N)=O)CCCCCC3)cc1. The Balaban J connectivity index is 1.68. The first kappa shape index (κ1) is 21.2. The first-order valence-corrected chi connectivity index (χ1v) is 11.0. The van der Waals surface area contributed by atoms with Gasteiger partial charge in [0.25, 0.3) is 5.91 Å². The number of carbonyl (C=O) groups excluding carboxylic acids is 2. The normalized spacial score (nSPS) is 14.0. The second-order valence-electron chi connectivity index (χ2n) is 7.17. The molecule has 1 heterocycles. The summed E-state index contributed by atoms with van der Waals surface area (Å²) in [5, 5.41) is 6.42. The van der Waals surface area contributed by atoms with Crippen molar-refractivity contribution in [2.24, 2.45) is 5.73 Å². The summed E-state index contributed by atoms with van der Waals surface area (Å²) in [5.41, 5.74) is 9.30. The van der Waals surface area contributed by atoms with E-state index in [2.05, 4.69) is 10.6 Å². The predicted molar refractivity (Wildman–Crippen MR) is 123 cm³/mol. The Bertz CT molecular complexity index is 946. The van der Waals surface area contributed by atoms with Gasteiger partial charge in [0.05, 0.1) is 5.56 Å². The Morgan fingerprint density at radius 1 is 1.10 bits per heavy atom. The fraction of sp³-hybridized carbons (Fsp3) is 0.318. The van der Waals surface area contributed by atoms with Gasteiger partial charge in [0.2, 0.25) is 5.91 Å². The van der Waals surface area contributed by atoms with Crippen molar-refractivity contribution >= 4 is 51.6 Å². The second kappa shape index (κ2) is 9.80. The Hall–Kier alpha value is -2.51. The number of benzene rings is 1. The maximum absolute atomic E-state index is 12.2. The number of hydrogen-bond donors (Lipinski definition) is 3. The van der Waals surface area contributed by atoms with Crippen LogP contribution >= 0.6 is 23.6 Å². The van der Waals surface area contributed by atoms with E-state index in [1.54, 1.807) is 6.08 Å². The van der Waals surface area contributed by atoms with E-state index in [1.807, 2.05) is 31.2 Å². The molecule has 0 saturated carbocycles. The number of thiophene rings is 1. The Labute approximate surface area is 180 Å². The predicted octanol–water partition coefficient (Wildman–Crippen LogP) is 4.34. The molecule has 0 bridgehead atoms. The zero-order valence-electron chi connectivity index (χ0n) is 16.4. The van der Waals surface area contributed by atoms with Crippen LogP contribution in [0, 0.1) is 6.92 Å². The molecule has 1 aromatic carbocycles. The first-order chi connectivity index (χ1) is 13.9. The van der Waals surface area contributed by atoms with Gasteiger partial charge in [-0.1, -0.05) is 42.7 Å². The van der Waals surface area contributed by atoms with Gasteiger partial charge in [-0.15, -0.1) is 11.3 Å². The lowest BCUT2D eigenvalue weighted by atomic mass is 9.96. The number of nitrogens with one attached hydrogen (secondary N) is 2. The highest BCUT2D eigenvalue weighted by Gasteiger charge is 2.23. The van der Waals surface area contributed by atoms with Crippen LogP contribution in [-0.4, -0.2) is 16.9 Å². The molecule has 2 aromatic rings. The summed E-state index contributed by atoms with van der Waals surface area (Å²) in [6.07, 6.45) is 9.48. The molecule has 0 atom stereocenters. The summed E-state index contributed by atoms with van der Waals surface area (Å²) >= 11 is 6.79. The van der Waals surface area contributed by atoms with E-state index in [1.165, 1.54) is 28.7 Å². The van der Waals surface area contributed by atoms with Crippen molar-refractivity contribution in [1.82, 2.24) is 5.32 Å². The summed E-state index contributed by atoms with van der Waals surface area (Å²) in [6.45, 7) is 2.01. The lowest BCUT2D eigenvalue weighted by Crippen LogP contribution is -2.33. The van der Waals surface area contributed by atoms with Gasteiger partial charge in [-0.25, -0.2) is 0 Å². The fourth-order valence-electron chi connectivity index (χ4n) is 3.41. The number of rotatable bonds is 4. The molecule has 3 rings (SSSR count). The van der Waals surface area contributed by atoms with Crippen LogP contribution < -0.4 is 16.4 Å². The first-order valence-electron chi connectivity index (χ1n) is 9.75. The number of thiocarbonyl (C=S) groups is 1. The number of fused-ring (bicyclic) bond motifs is 1.